The quantitative estimate of drug-likeness (QED) is 0.461. The van der Waals surface area contributed by atoms with Gasteiger partial charge in [0.2, 0.25) is 17.7 Å². The van der Waals surface area contributed by atoms with Crippen LogP contribution in [0.25, 0.3) is 0 Å². The fourth-order valence-corrected chi connectivity index (χ4v) is 4.14. The molecule has 0 radical (unpaired) electrons. The van der Waals surface area contributed by atoms with Crippen molar-refractivity contribution in [2.75, 3.05) is 0 Å². The summed E-state index contributed by atoms with van der Waals surface area (Å²) in [5, 5.41) is 1.72. The van der Waals surface area contributed by atoms with Crippen LogP contribution in [-0.4, -0.2) is 30.2 Å². The lowest BCUT2D eigenvalue weighted by atomic mass is 9.78. The molecule has 4 unspecified atom stereocenters. The average molecular weight is 340 g/mol. The third kappa shape index (κ3) is 1.51. The van der Waals surface area contributed by atoms with E-state index >= 15 is 0 Å². The van der Waals surface area contributed by atoms with Crippen molar-refractivity contribution in [2.24, 2.45) is 23.0 Å². The molecule has 1 aromatic rings. The van der Waals surface area contributed by atoms with Crippen molar-refractivity contribution in [1.29, 1.82) is 0 Å². The van der Waals surface area contributed by atoms with Crippen molar-refractivity contribution >= 4 is 24.0 Å². The summed E-state index contributed by atoms with van der Waals surface area (Å²) in [6.07, 6.45) is -5.09. The number of primary amides is 1. The number of benzene rings is 1. The molecule has 4 atom stereocenters. The molecule has 24 heavy (non-hydrogen) atoms. The highest BCUT2D eigenvalue weighted by atomic mass is 19.4. The molecular formula is C15H11F3N2O4. The molecule has 9 heteroatoms. The summed E-state index contributed by atoms with van der Waals surface area (Å²) in [5.41, 5.74) is -0.839. The molecule has 1 spiro atoms. The van der Waals surface area contributed by atoms with Gasteiger partial charge in [0.1, 0.15) is 17.6 Å². The van der Waals surface area contributed by atoms with Gasteiger partial charge in [0.15, 0.2) is 0 Å². The number of alkyl halides is 3. The molecule has 2 fully saturated rings. The molecule has 0 bridgehead atoms. The average Bonchev–Trinajstić information content (AvgIpc) is 3.03. The van der Waals surface area contributed by atoms with Gasteiger partial charge in [-0.3, -0.25) is 19.7 Å². The first-order valence-corrected chi connectivity index (χ1v) is 6.89. The lowest BCUT2D eigenvalue weighted by Gasteiger charge is -2.26. The lowest BCUT2D eigenvalue weighted by Crippen LogP contribution is -2.43. The largest absolute Gasteiger partial charge is 0.400 e. The third-order valence-electron chi connectivity index (χ3n) is 4.95. The van der Waals surface area contributed by atoms with Crippen LogP contribution in [0.15, 0.2) is 30.3 Å². The van der Waals surface area contributed by atoms with Crippen molar-refractivity contribution in [1.82, 2.24) is 5.32 Å². The zero-order chi connectivity index (χ0) is 17.9. The summed E-state index contributed by atoms with van der Waals surface area (Å²) in [6, 6.07) is 6.29. The lowest BCUT2D eigenvalue weighted by molar-refractivity contribution is -0.177. The minimum Gasteiger partial charge on any atom is -0.369 e. The van der Waals surface area contributed by atoms with Crippen LogP contribution < -0.4 is 11.1 Å². The monoisotopic (exact) mass is 340 g/mol. The predicted molar refractivity (Wildman–Crippen MR) is 72.0 cm³/mol. The van der Waals surface area contributed by atoms with Gasteiger partial charge < -0.3 is 10.5 Å². The van der Waals surface area contributed by atoms with Crippen LogP contribution in [0.1, 0.15) is 5.56 Å². The van der Waals surface area contributed by atoms with Crippen molar-refractivity contribution in [3.05, 3.63) is 35.9 Å². The molecule has 1 aliphatic carbocycles. The SMILES string of the molecule is NC(=O)C1C(=O)NC(=O)C12C(C=O)C2(c1ccccc1)C(F)(F)F. The number of hydrogen-bond donors (Lipinski definition) is 2. The van der Waals surface area contributed by atoms with Crippen LogP contribution in [0.5, 0.6) is 0 Å². The Hall–Kier alpha value is -2.71. The summed E-state index contributed by atoms with van der Waals surface area (Å²) in [6.45, 7) is 0. The Morgan fingerprint density at radius 1 is 1.21 bits per heavy atom. The highest BCUT2D eigenvalue weighted by molar-refractivity contribution is 6.20. The summed E-state index contributed by atoms with van der Waals surface area (Å²) in [5.74, 6) is -7.90. The molecule has 1 saturated heterocycles. The number of halogens is 3. The molecule has 3 rings (SSSR count). The maximum absolute atomic E-state index is 14.1. The Labute approximate surface area is 133 Å². The van der Waals surface area contributed by atoms with Crippen LogP contribution in [0.4, 0.5) is 13.2 Å². The van der Waals surface area contributed by atoms with Crippen LogP contribution in [0.3, 0.4) is 0 Å². The topological polar surface area (TPSA) is 106 Å². The van der Waals surface area contributed by atoms with Crippen molar-refractivity contribution in [3.63, 3.8) is 0 Å². The van der Waals surface area contributed by atoms with E-state index in [-0.39, 0.29) is 11.8 Å². The molecule has 126 valence electrons. The smallest absolute Gasteiger partial charge is 0.369 e. The standard InChI is InChI=1S/C15H11F3N2O4/c16-15(17,18)14(7-4-2-1-3-5-7)8(6-21)13(14)9(10(19)22)11(23)20-12(13)24/h1-6,8-9H,(H2,19,22)(H,20,23,24). The molecular weight excluding hydrogens is 329 g/mol. The molecule has 2 aliphatic rings. The van der Waals surface area contributed by atoms with E-state index < -0.39 is 46.6 Å². The van der Waals surface area contributed by atoms with Gasteiger partial charge in [-0.25, -0.2) is 0 Å². The molecule has 3 amide bonds. The minimum atomic E-state index is -5.06. The number of aldehydes is 1. The number of carbonyl (C=O) groups excluding carboxylic acids is 4. The van der Waals surface area contributed by atoms with Crippen molar-refractivity contribution in [3.8, 4) is 0 Å². The maximum atomic E-state index is 14.1. The Morgan fingerprint density at radius 2 is 1.79 bits per heavy atom. The number of hydrogen-bond acceptors (Lipinski definition) is 4. The Kier molecular flexibility index (Phi) is 3.13. The second-order valence-electron chi connectivity index (χ2n) is 5.81. The van der Waals surface area contributed by atoms with Crippen LogP contribution in [0.2, 0.25) is 0 Å². The van der Waals surface area contributed by atoms with Gasteiger partial charge in [-0.15, -0.1) is 0 Å². The van der Waals surface area contributed by atoms with Gasteiger partial charge in [0.25, 0.3) is 0 Å². The van der Waals surface area contributed by atoms with Crippen molar-refractivity contribution in [2.45, 2.75) is 11.6 Å². The van der Waals surface area contributed by atoms with E-state index in [9.17, 15) is 32.3 Å². The zero-order valence-corrected chi connectivity index (χ0v) is 12.0. The normalized spacial score (nSPS) is 35.0. The summed E-state index contributed by atoms with van der Waals surface area (Å²) >= 11 is 0. The van der Waals surface area contributed by atoms with Gasteiger partial charge in [0.05, 0.1) is 11.3 Å². The Morgan fingerprint density at radius 3 is 2.25 bits per heavy atom. The zero-order valence-electron chi connectivity index (χ0n) is 12.0. The highest BCUT2D eigenvalue weighted by Crippen LogP contribution is 2.79. The second-order valence-corrected chi connectivity index (χ2v) is 5.81. The minimum absolute atomic E-state index is 0.0331. The van der Waals surface area contributed by atoms with E-state index in [1.165, 1.54) is 18.2 Å². The predicted octanol–water partition coefficient (Wildman–Crippen LogP) is 0.0597. The third-order valence-corrected chi connectivity index (χ3v) is 4.95. The van der Waals surface area contributed by atoms with Crippen LogP contribution in [-0.2, 0) is 24.6 Å². The van der Waals surface area contributed by atoms with Crippen LogP contribution >= 0.6 is 0 Å². The van der Waals surface area contributed by atoms with Gasteiger partial charge in [-0.1, -0.05) is 30.3 Å². The molecule has 0 aromatic heterocycles. The summed E-state index contributed by atoms with van der Waals surface area (Å²) < 4.78 is 42.2. The Bertz CT molecular complexity index is 764. The summed E-state index contributed by atoms with van der Waals surface area (Å²) in [4.78, 5) is 47.3. The number of carbonyl (C=O) groups is 4. The van der Waals surface area contributed by atoms with E-state index in [0.717, 1.165) is 12.1 Å². The van der Waals surface area contributed by atoms with Crippen LogP contribution in [0, 0.1) is 17.3 Å². The first kappa shape index (κ1) is 16.2. The number of imide groups is 1. The van der Waals surface area contributed by atoms with Gasteiger partial charge >= 0.3 is 6.18 Å². The van der Waals surface area contributed by atoms with E-state index in [1.807, 2.05) is 0 Å². The fourth-order valence-electron chi connectivity index (χ4n) is 4.14. The van der Waals surface area contributed by atoms with E-state index in [2.05, 4.69) is 0 Å². The van der Waals surface area contributed by atoms with Gasteiger partial charge in [-0.05, 0) is 5.56 Å². The fraction of sp³-hybridized carbons (Fsp3) is 0.333. The number of nitrogens with two attached hydrogens (primary N) is 1. The highest BCUT2D eigenvalue weighted by Gasteiger charge is 2.95. The number of rotatable bonds is 3. The van der Waals surface area contributed by atoms with E-state index in [4.69, 9.17) is 5.73 Å². The van der Waals surface area contributed by atoms with Gasteiger partial charge in [0, 0.05) is 0 Å². The molecule has 1 heterocycles. The van der Waals surface area contributed by atoms with E-state index in [0.29, 0.717) is 0 Å². The first-order valence-electron chi connectivity index (χ1n) is 6.89. The number of nitrogens with one attached hydrogen (secondary N) is 1. The van der Waals surface area contributed by atoms with Crippen molar-refractivity contribution < 1.29 is 32.3 Å². The molecule has 3 N–H and O–H groups in total. The summed E-state index contributed by atoms with van der Waals surface area (Å²) in [7, 11) is 0. The first-order chi connectivity index (χ1) is 11.2. The molecule has 1 saturated carbocycles. The molecule has 6 nitrogen and oxygen atoms in total. The molecule has 1 aromatic carbocycles. The van der Waals surface area contributed by atoms with Gasteiger partial charge in [-0.2, -0.15) is 13.2 Å². The Balaban J connectivity index is 2.35. The second kappa shape index (κ2) is 4.65. The number of amides is 3. The molecule has 1 aliphatic heterocycles. The maximum Gasteiger partial charge on any atom is 0.400 e. The van der Waals surface area contributed by atoms with E-state index in [1.54, 1.807) is 5.32 Å².